The Hall–Kier alpha value is -0.570. The number of aliphatic carboxylic acids is 1. The summed E-state index contributed by atoms with van der Waals surface area (Å²) in [5.74, 6) is -0.235. The summed E-state index contributed by atoms with van der Waals surface area (Å²) in [5, 5.41) is 8.93. The van der Waals surface area contributed by atoms with Crippen LogP contribution in [0.25, 0.3) is 0 Å². The van der Waals surface area contributed by atoms with E-state index in [1.807, 2.05) is 0 Å². The van der Waals surface area contributed by atoms with Crippen molar-refractivity contribution >= 4 is 5.97 Å². The highest BCUT2D eigenvalue weighted by molar-refractivity contribution is 5.67. The standard InChI is InChI=1S/C15H27NO2/c17-15(18)11-13-7-6-10-16(12-13)14-8-4-2-1-3-5-9-14/h13-14H,1-12H2,(H,17,18). The van der Waals surface area contributed by atoms with E-state index in [1.165, 1.54) is 57.9 Å². The van der Waals surface area contributed by atoms with Gasteiger partial charge in [0.05, 0.1) is 0 Å². The fourth-order valence-corrected chi connectivity index (χ4v) is 3.64. The molecule has 0 bridgehead atoms. The molecule has 0 aromatic rings. The van der Waals surface area contributed by atoms with Gasteiger partial charge in [0.25, 0.3) is 0 Å². The van der Waals surface area contributed by atoms with Crippen molar-refractivity contribution in [3.63, 3.8) is 0 Å². The molecular weight excluding hydrogens is 226 g/mol. The van der Waals surface area contributed by atoms with Crippen molar-refractivity contribution in [3.05, 3.63) is 0 Å². The number of rotatable bonds is 3. The normalized spacial score (nSPS) is 28.6. The largest absolute Gasteiger partial charge is 0.481 e. The summed E-state index contributed by atoms with van der Waals surface area (Å²) in [5.41, 5.74) is 0. The summed E-state index contributed by atoms with van der Waals surface area (Å²) < 4.78 is 0. The highest BCUT2D eigenvalue weighted by Gasteiger charge is 2.27. The molecule has 18 heavy (non-hydrogen) atoms. The van der Waals surface area contributed by atoms with Crippen LogP contribution in [-0.2, 0) is 4.79 Å². The molecule has 3 heteroatoms. The molecule has 0 amide bonds. The van der Waals surface area contributed by atoms with Crippen LogP contribution in [0.2, 0.25) is 0 Å². The van der Waals surface area contributed by atoms with Crippen molar-refractivity contribution in [3.8, 4) is 0 Å². The monoisotopic (exact) mass is 253 g/mol. The molecule has 1 unspecified atom stereocenters. The smallest absolute Gasteiger partial charge is 0.303 e. The Morgan fingerprint density at radius 2 is 1.67 bits per heavy atom. The van der Waals surface area contributed by atoms with E-state index in [1.54, 1.807) is 0 Å². The molecule has 0 spiro atoms. The second-order valence-corrected chi connectivity index (χ2v) is 6.10. The third kappa shape index (κ3) is 4.27. The first kappa shape index (κ1) is 13.9. The van der Waals surface area contributed by atoms with Gasteiger partial charge in [-0.3, -0.25) is 4.79 Å². The van der Waals surface area contributed by atoms with Gasteiger partial charge in [0.1, 0.15) is 0 Å². The van der Waals surface area contributed by atoms with E-state index < -0.39 is 5.97 Å². The Morgan fingerprint density at radius 3 is 2.33 bits per heavy atom. The maximum atomic E-state index is 10.8. The van der Waals surface area contributed by atoms with Gasteiger partial charge in [-0.05, 0) is 38.1 Å². The van der Waals surface area contributed by atoms with Gasteiger partial charge in [0.2, 0.25) is 0 Å². The molecule has 0 radical (unpaired) electrons. The van der Waals surface area contributed by atoms with E-state index in [2.05, 4.69) is 4.90 Å². The Kier molecular flexibility index (Phi) is 5.48. The van der Waals surface area contributed by atoms with Gasteiger partial charge in [-0.2, -0.15) is 0 Å². The maximum absolute atomic E-state index is 10.8. The molecule has 1 saturated carbocycles. The molecular formula is C15H27NO2. The molecule has 1 atom stereocenters. The Bertz CT molecular complexity index is 259. The number of piperidine rings is 1. The molecule has 0 aromatic carbocycles. The quantitative estimate of drug-likeness (QED) is 0.839. The number of hydrogen-bond acceptors (Lipinski definition) is 2. The molecule has 2 rings (SSSR count). The number of carbonyl (C=O) groups is 1. The predicted octanol–water partition coefficient (Wildman–Crippen LogP) is 3.29. The summed E-state index contributed by atoms with van der Waals surface area (Å²) in [6.45, 7) is 2.22. The van der Waals surface area contributed by atoms with E-state index >= 15 is 0 Å². The summed E-state index contributed by atoms with van der Waals surface area (Å²) in [6.07, 6.45) is 12.3. The van der Waals surface area contributed by atoms with Gasteiger partial charge in [-0.25, -0.2) is 0 Å². The van der Waals surface area contributed by atoms with Crippen LogP contribution in [0.3, 0.4) is 0 Å². The summed E-state index contributed by atoms with van der Waals surface area (Å²) in [7, 11) is 0. The SMILES string of the molecule is O=C(O)CC1CCCN(C2CCCCCCC2)C1. The van der Waals surface area contributed by atoms with E-state index in [0.29, 0.717) is 12.3 Å². The fraction of sp³-hybridized carbons (Fsp3) is 0.933. The van der Waals surface area contributed by atoms with Crippen LogP contribution in [0.4, 0.5) is 0 Å². The summed E-state index contributed by atoms with van der Waals surface area (Å²) in [4.78, 5) is 13.4. The number of carboxylic acids is 1. The molecule has 1 heterocycles. The average Bonchev–Trinajstić information content (AvgIpc) is 2.27. The third-order valence-electron chi connectivity index (χ3n) is 4.60. The molecule has 0 aromatic heterocycles. The van der Waals surface area contributed by atoms with E-state index in [-0.39, 0.29) is 0 Å². The van der Waals surface area contributed by atoms with Crippen LogP contribution in [0.15, 0.2) is 0 Å². The molecule has 1 aliphatic carbocycles. The molecule has 3 nitrogen and oxygen atoms in total. The van der Waals surface area contributed by atoms with Gasteiger partial charge in [-0.15, -0.1) is 0 Å². The van der Waals surface area contributed by atoms with Crippen LogP contribution in [0.1, 0.15) is 64.2 Å². The van der Waals surface area contributed by atoms with Gasteiger partial charge < -0.3 is 10.0 Å². The zero-order valence-electron chi connectivity index (χ0n) is 11.4. The number of carboxylic acid groups (broad SMARTS) is 1. The number of hydrogen-bond donors (Lipinski definition) is 1. The van der Waals surface area contributed by atoms with Crippen molar-refractivity contribution in [2.24, 2.45) is 5.92 Å². The fourth-order valence-electron chi connectivity index (χ4n) is 3.64. The Labute approximate surface area is 111 Å². The Balaban J connectivity index is 1.84. The van der Waals surface area contributed by atoms with Crippen molar-refractivity contribution in [2.45, 2.75) is 70.3 Å². The minimum atomic E-state index is -0.625. The van der Waals surface area contributed by atoms with Crippen molar-refractivity contribution < 1.29 is 9.90 Å². The minimum absolute atomic E-state index is 0.364. The van der Waals surface area contributed by atoms with Crippen LogP contribution in [0.5, 0.6) is 0 Å². The van der Waals surface area contributed by atoms with E-state index in [4.69, 9.17) is 5.11 Å². The zero-order valence-corrected chi connectivity index (χ0v) is 11.4. The molecule has 2 fully saturated rings. The second kappa shape index (κ2) is 7.13. The number of nitrogens with zero attached hydrogens (tertiary/aromatic N) is 1. The van der Waals surface area contributed by atoms with Crippen LogP contribution in [0, 0.1) is 5.92 Å². The van der Waals surface area contributed by atoms with E-state index in [0.717, 1.165) is 19.0 Å². The highest BCUT2D eigenvalue weighted by Crippen LogP contribution is 2.27. The second-order valence-electron chi connectivity index (χ2n) is 6.10. The first-order valence-electron chi connectivity index (χ1n) is 7.71. The average molecular weight is 253 g/mol. The lowest BCUT2D eigenvalue weighted by molar-refractivity contribution is -0.138. The van der Waals surface area contributed by atoms with Gasteiger partial charge >= 0.3 is 5.97 Å². The molecule has 1 N–H and O–H groups in total. The molecule has 104 valence electrons. The highest BCUT2D eigenvalue weighted by atomic mass is 16.4. The zero-order chi connectivity index (χ0) is 12.8. The van der Waals surface area contributed by atoms with Crippen LogP contribution < -0.4 is 0 Å². The summed E-state index contributed by atoms with van der Waals surface area (Å²) in [6, 6.07) is 0.738. The lowest BCUT2D eigenvalue weighted by Gasteiger charge is -2.38. The van der Waals surface area contributed by atoms with Crippen LogP contribution in [-0.4, -0.2) is 35.1 Å². The lowest BCUT2D eigenvalue weighted by atomic mass is 9.90. The minimum Gasteiger partial charge on any atom is -0.481 e. The third-order valence-corrected chi connectivity index (χ3v) is 4.60. The topological polar surface area (TPSA) is 40.5 Å². The van der Waals surface area contributed by atoms with Crippen molar-refractivity contribution in [2.75, 3.05) is 13.1 Å². The lowest BCUT2D eigenvalue weighted by Crippen LogP contribution is -2.43. The summed E-state index contributed by atoms with van der Waals surface area (Å²) >= 11 is 0. The maximum Gasteiger partial charge on any atom is 0.303 e. The van der Waals surface area contributed by atoms with Crippen LogP contribution >= 0.6 is 0 Å². The molecule has 1 aliphatic heterocycles. The van der Waals surface area contributed by atoms with Gasteiger partial charge in [0, 0.05) is 19.0 Å². The van der Waals surface area contributed by atoms with Crippen molar-refractivity contribution in [1.82, 2.24) is 4.90 Å². The van der Waals surface area contributed by atoms with Crippen molar-refractivity contribution in [1.29, 1.82) is 0 Å². The van der Waals surface area contributed by atoms with E-state index in [9.17, 15) is 4.79 Å². The van der Waals surface area contributed by atoms with Gasteiger partial charge in [-0.1, -0.05) is 32.1 Å². The first-order valence-corrected chi connectivity index (χ1v) is 7.71. The molecule has 1 saturated heterocycles. The number of likely N-dealkylation sites (tertiary alicyclic amines) is 1. The van der Waals surface area contributed by atoms with Gasteiger partial charge in [0.15, 0.2) is 0 Å². The molecule has 2 aliphatic rings. The first-order chi connectivity index (χ1) is 8.75. The predicted molar refractivity (Wildman–Crippen MR) is 72.7 cm³/mol. The Morgan fingerprint density at radius 1 is 1.00 bits per heavy atom.